The number of carbonyl (C=O) groups is 1. The third kappa shape index (κ3) is 26.2. The molecule has 312 valence electrons. The van der Waals surface area contributed by atoms with Gasteiger partial charge in [0.25, 0.3) is 0 Å². The molecule has 1 amide bonds. The van der Waals surface area contributed by atoms with Crippen molar-refractivity contribution in [2.24, 2.45) is 0 Å². The van der Waals surface area contributed by atoms with E-state index in [1.165, 1.54) is 116 Å². The van der Waals surface area contributed by atoms with Crippen LogP contribution in [0.25, 0.3) is 0 Å². The summed E-state index contributed by atoms with van der Waals surface area (Å²) in [5, 5.41) is 54.1. The summed E-state index contributed by atoms with van der Waals surface area (Å²) in [5.74, 6) is -0.186. The molecule has 0 aromatic carbocycles. The minimum Gasteiger partial charge on any atom is -0.394 e. The Labute approximate surface area is 324 Å². The molecule has 53 heavy (non-hydrogen) atoms. The quantitative estimate of drug-likeness (QED) is 0.0275. The van der Waals surface area contributed by atoms with Gasteiger partial charge in [0.1, 0.15) is 24.4 Å². The molecule has 9 heteroatoms. The Morgan fingerprint density at radius 1 is 0.623 bits per heavy atom. The molecule has 1 rings (SSSR count). The molecule has 0 aromatic heterocycles. The summed E-state index contributed by atoms with van der Waals surface area (Å²) in [6.07, 6.45) is 33.5. The molecule has 9 nitrogen and oxygen atoms in total. The second kappa shape index (κ2) is 35.1. The van der Waals surface area contributed by atoms with E-state index in [-0.39, 0.29) is 12.5 Å². The molecule has 1 aliphatic rings. The van der Waals surface area contributed by atoms with Gasteiger partial charge in [0.05, 0.1) is 25.4 Å². The number of unbranched alkanes of at least 4 members (excludes halogenated alkanes) is 24. The first-order chi connectivity index (χ1) is 25.8. The summed E-state index contributed by atoms with van der Waals surface area (Å²) in [6, 6.07) is -0.805. The minimum absolute atomic E-state index is 0.186. The fraction of sp³-hybridized carbons (Fsp3) is 0.886. The van der Waals surface area contributed by atoms with Gasteiger partial charge in [-0.05, 0) is 44.9 Å². The lowest BCUT2D eigenvalue weighted by Gasteiger charge is -2.40. The second-order valence-electron chi connectivity index (χ2n) is 15.5. The first-order valence-corrected chi connectivity index (χ1v) is 22.1. The highest BCUT2D eigenvalue weighted by Gasteiger charge is 2.44. The number of ether oxygens (including phenoxy) is 2. The van der Waals surface area contributed by atoms with Crippen LogP contribution >= 0.6 is 0 Å². The van der Waals surface area contributed by atoms with Crippen LogP contribution in [-0.4, -0.2) is 87.5 Å². The van der Waals surface area contributed by atoms with E-state index in [4.69, 9.17) is 9.47 Å². The largest absolute Gasteiger partial charge is 0.394 e. The van der Waals surface area contributed by atoms with Gasteiger partial charge >= 0.3 is 0 Å². The molecule has 7 atom stereocenters. The van der Waals surface area contributed by atoms with Crippen molar-refractivity contribution in [3.05, 3.63) is 24.3 Å². The zero-order valence-corrected chi connectivity index (χ0v) is 34.0. The molecule has 0 aromatic rings. The summed E-state index contributed by atoms with van der Waals surface area (Å²) >= 11 is 0. The Bertz CT molecular complexity index is 883. The molecule has 0 radical (unpaired) electrons. The number of hydrogen-bond acceptors (Lipinski definition) is 8. The van der Waals surface area contributed by atoms with E-state index in [2.05, 4.69) is 31.3 Å². The van der Waals surface area contributed by atoms with Gasteiger partial charge in [-0.3, -0.25) is 4.79 Å². The van der Waals surface area contributed by atoms with E-state index >= 15 is 0 Å². The molecule has 1 aliphatic heterocycles. The van der Waals surface area contributed by atoms with Crippen molar-refractivity contribution in [1.82, 2.24) is 5.32 Å². The van der Waals surface area contributed by atoms with Gasteiger partial charge in [0.2, 0.25) is 5.91 Å². The van der Waals surface area contributed by atoms with Crippen LogP contribution in [0.4, 0.5) is 0 Å². The highest BCUT2D eigenvalue weighted by Crippen LogP contribution is 2.22. The van der Waals surface area contributed by atoms with Crippen LogP contribution in [0.1, 0.15) is 194 Å². The van der Waals surface area contributed by atoms with Crippen molar-refractivity contribution in [3.63, 3.8) is 0 Å². The minimum atomic E-state index is -1.56. The molecule has 1 heterocycles. The van der Waals surface area contributed by atoms with Crippen molar-refractivity contribution in [2.45, 2.75) is 236 Å². The smallest absolute Gasteiger partial charge is 0.220 e. The maximum atomic E-state index is 12.9. The number of hydrogen-bond donors (Lipinski definition) is 6. The Hall–Kier alpha value is -1.33. The van der Waals surface area contributed by atoms with Crippen LogP contribution < -0.4 is 5.32 Å². The molecule has 0 spiro atoms. The Morgan fingerprint density at radius 3 is 1.53 bits per heavy atom. The van der Waals surface area contributed by atoms with E-state index in [1.54, 1.807) is 6.08 Å². The van der Waals surface area contributed by atoms with Crippen molar-refractivity contribution in [1.29, 1.82) is 0 Å². The molecule has 1 fully saturated rings. The number of nitrogens with one attached hydrogen (secondary N) is 1. The van der Waals surface area contributed by atoms with Crippen LogP contribution in [-0.2, 0) is 14.3 Å². The van der Waals surface area contributed by atoms with E-state index in [0.717, 1.165) is 57.8 Å². The van der Waals surface area contributed by atoms with Gasteiger partial charge in [-0.2, -0.15) is 0 Å². The fourth-order valence-electron chi connectivity index (χ4n) is 6.91. The highest BCUT2D eigenvalue weighted by atomic mass is 16.7. The number of rotatable bonds is 36. The summed E-state index contributed by atoms with van der Waals surface area (Å²) in [4.78, 5) is 12.9. The molecular weight excluding hydrogens is 670 g/mol. The van der Waals surface area contributed by atoms with Crippen LogP contribution in [0.2, 0.25) is 0 Å². The topological polar surface area (TPSA) is 149 Å². The zero-order valence-electron chi connectivity index (χ0n) is 34.0. The van der Waals surface area contributed by atoms with Gasteiger partial charge in [-0.1, -0.05) is 167 Å². The SMILES string of the molecule is CCCCCCCC/C=C/CCCCCCCC(=O)N[C@@H](CO[C@H]1O[C@@H](CO)[C@H](O)C(O)C1O)[C@H](O)/C=C/CCCCCCCCCCCCCCC. The summed E-state index contributed by atoms with van der Waals surface area (Å²) in [5.41, 5.74) is 0. The van der Waals surface area contributed by atoms with E-state index < -0.39 is 49.5 Å². The standard InChI is InChI=1S/C44H83NO8/c1-3-5-7-9-11-13-15-17-19-21-23-25-27-29-31-33-38(47)37(36-52-44-43(51)42(50)41(49)39(35-46)53-44)45-40(48)34-32-30-28-26-24-22-20-18-16-14-12-10-8-6-4-2/h18,20,31,33,37-39,41-44,46-47,49-51H,3-17,19,21-30,32,34-36H2,1-2H3,(H,45,48)/b20-18+,33-31+/t37-,38+,39-,41-,42?,43?,44-/m0/s1. The van der Waals surface area contributed by atoms with Gasteiger partial charge in [0.15, 0.2) is 6.29 Å². The van der Waals surface area contributed by atoms with Crippen LogP contribution in [0.5, 0.6) is 0 Å². The average molecular weight is 754 g/mol. The first-order valence-electron chi connectivity index (χ1n) is 22.1. The molecule has 0 aliphatic carbocycles. The number of carbonyl (C=O) groups excluding carboxylic acids is 1. The monoisotopic (exact) mass is 754 g/mol. The van der Waals surface area contributed by atoms with Crippen LogP contribution in [0, 0.1) is 0 Å². The van der Waals surface area contributed by atoms with Crippen LogP contribution in [0.15, 0.2) is 24.3 Å². The van der Waals surface area contributed by atoms with E-state index in [0.29, 0.717) is 6.42 Å². The third-order valence-electron chi connectivity index (χ3n) is 10.5. The lowest BCUT2D eigenvalue weighted by molar-refractivity contribution is -0.302. The molecular formula is C44H83NO8. The normalized spacial score (nSPS) is 21.8. The average Bonchev–Trinajstić information content (AvgIpc) is 3.16. The van der Waals surface area contributed by atoms with Crippen molar-refractivity contribution >= 4 is 5.91 Å². The number of aliphatic hydroxyl groups is 5. The lowest BCUT2D eigenvalue weighted by Crippen LogP contribution is -2.60. The summed E-state index contributed by atoms with van der Waals surface area (Å²) in [6.45, 7) is 3.75. The van der Waals surface area contributed by atoms with Gasteiger partial charge in [-0.15, -0.1) is 0 Å². The number of aliphatic hydroxyl groups excluding tert-OH is 5. The van der Waals surface area contributed by atoms with Crippen LogP contribution in [0.3, 0.4) is 0 Å². The maximum Gasteiger partial charge on any atom is 0.220 e. The molecule has 1 saturated heterocycles. The zero-order chi connectivity index (χ0) is 38.8. The highest BCUT2D eigenvalue weighted by molar-refractivity contribution is 5.76. The third-order valence-corrected chi connectivity index (χ3v) is 10.5. The summed E-state index contributed by atoms with van der Waals surface area (Å²) in [7, 11) is 0. The predicted octanol–water partition coefficient (Wildman–Crippen LogP) is 8.72. The molecule has 6 N–H and O–H groups in total. The summed E-state index contributed by atoms with van der Waals surface area (Å²) < 4.78 is 11.2. The maximum absolute atomic E-state index is 12.9. The van der Waals surface area contributed by atoms with Crippen molar-refractivity contribution < 1.29 is 39.8 Å². The molecule has 2 unspecified atom stereocenters. The van der Waals surface area contributed by atoms with Crippen molar-refractivity contribution in [2.75, 3.05) is 13.2 Å². The predicted molar refractivity (Wildman–Crippen MR) is 217 cm³/mol. The molecule has 0 saturated carbocycles. The Morgan fingerprint density at radius 2 is 1.06 bits per heavy atom. The van der Waals surface area contributed by atoms with E-state index in [1.807, 2.05) is 6.08 Å². The number of amides is 1. The second-order valence-corrected chi connectivity index (χ2v) is 15.5. The van der Waals surface area contributed by atoms with Gasteiger partial charge in [0, 0.05) is 6.42 Å². The lowest BCUT2D eigenvalue weighted by atomic mass is 9.99. The van der Waals surface area contributed by atoms with Gasteiger partial charge < -0.3 is 40.3 Å². The van der Waals surface area contributed by atoms with Crippen molar-refractivity contribution in [3.8, 4) is 0 Å². The Balaban J connectivity index is 2.40. The Kier molecular flexibility index (Phi) is 32.9. The van der Waals surface area contributed by atoms with Gasteiger partial charge in [-0.25, -0.2) is 0 Å². The molecule has 0 bridgehead atoms. The fourth-order valence-corrected chi connectivity index (χ4v) is 6.91. The first kappa shape index (κ1) is 49.7. The number of allylic oxidation sites excluding steroid dienone is 3. The van der Waals surface area contributed by atoms with E-state index in [9.17, 15) is 30.3 Å².